The Morgan fingerprint density at radius 3 is 2.33 bits per heavy atom. The monoisotopic (exact) mass is 388 g/mol. The molecule has 2 atom stereocenters. The molecule has 0 nitrogen and oxygen atoms in total. The third-order valence-electron chi connectivity index (χ3n) is 4.50. The van der Waals surface area contributed by atoms with E-state index < -0.39 is 0 Å². The van der Waals surface area contributed by atoms with Crippen LogP contribution in [0.1, 0.15) is 32.3 Å². The van der Waals surface area contributed by atoms with Gasteiger partial charge in [-0.1, -0.05) is 56.4 Å². The van der Waals surface area contributed by atoms with E-state index in [9.17, 15) is 0 Å². The molecule has 1 heteroatoms. The number of rotatable bonds is 2. The first-order valence-electron chi connectivity index (χ1n) is 7.69. The molecule has 2 aliphatic rings. The fraction of sp³-hybridized carbons (Fsp3) is 0.300. The van der Waals surface area contributed by atoms with Gasteiger partial charge in [0.25, 0.3) is 0 Å². The minimum atomic E-state index is 0.587. The number of hydrogen-bond acceptors (Lipinski definition) is 0. The van der Waals surface area contributed by atoms with Gasteiger partial charge in [0.15, 0.2) is 0 Å². The second-order valence-corrected chi connectivity index (χ2v) is 7.36. The molecule has 0 N–H and O–H groups in total. The van der Waals surface area contributed by atoms with E-state index in [0.29, 0.717) is 11.8 Å². The van der Waals surface area contributed by atoms with Crippen LogP contribution in [-0.2, 0) is 0 Å². The zero-order valence-corrected chi connectivity index (χ0v) is 14.8. The molecule has 0 fully saturated rings. The highest BCUT2D eigenvalue weighted by molar-refractivity contribution is 14.1. The van der Waals surface area contributed by atoms with E-state index in [1.807, 2.05) is 0 Å². The lowest BCUT2D eigenvalue weighted by Crippen LogP contribution is -2.11. The molecule has 2 aliphatic carbocycles. The average Bonchev–Trinajstić information content (AvgIpc) is 2.49. The predicted octanol–water partition coefficient (Wildman–Crippen LogP) is 6.16. The van der Waals surface area contributed by atoms with E-state index in [2.05, 4.69) is 91.1 Å². The summed E-state index contributed by atoms with van der Waals surface area (Å²) in [6.07, 6.45) is 13.8. The van der Waals surface area contributed by atoms with Crippen LogP contribution in [0.15, 0.2) is 65.8 Å². The van der Waals surface area contributed by atoms with E-state index >= 15 is 0 Å². The van der Waals surface area contributed by atoms with Crippen molar-refractivity contribution in [2.45, 2.75) is 26.7 Å². The average molecular weight is 388 g/mol. The van der Waals surface area contributed by atoms with E-state index in [-0.39, 0.29) is 0 Å². The summed E-state index contributed by atoms with van der Waals surface area (Å²) in [5.41, 5.74) is 5.88. The van der Waals surface area contributed by atoms with E-state index in [1.165, 1.54) is 32.3 Å². The third-order valence-corrected chi connectivity index (χ3v) is 5.22. The molecule has 0 bridgehead atoms. The Kier molecular flexibility index (Phi) is 4.48. The van der Waals surface area contributed by atoms with E-state index in [1.54, 1.807) is 0 Å². The summed E-state index contributed by atoms with van der Waals surface area (Å²) < 4.78 is 1.30. The van der Waals surface area contributed by atoms with Crippen molar-refractivity contribution >= 4 is 28.2 Å². The van der Waals surface area contributed by atoms with Crippen molar-refractivity contribution in [3.05, 3.63) is 74.9 Å². The summed E-state index contributed by atoms with van der Waals surface area (Å²) >= 11 is 2.36. The molecule has 0 spiro atoms. The maximum Gasteiger partial charge on any atom is 0.0130 e. The number of benzene rings is 1. The lowest BCUT2D eigenvalue weighted by Gasteiger charge is -2.27. The summed E-state index contributed by atoms with van der Waals surface area (Å²) in [4.78, 5) is 0. The van der Waals surface area contributed by atoms with Crippen LogP contribution in [0.25, 0.3) is 5.57 Å². The van der Waals surface area contributed by atoms with Crippen LogP contribution in [0.2, 0.25) is 0 Å². The van der Waals surface area contributed by atoms with Gasteiger partial charge in [-0.2, -0.15) is 0 Å². The van der Waals surface area contributed by atoms with Crippen molar-refractivity contribution in [1.82, 2.24) is 0 Å². The zero-order valence-electron chi connectivity index (χ0n) is 12.6. The standard InChI is InChI=1S/C20H21I/c1-14-5-3-4-6-19(14)17-9-12-20(15(2)13-17)16-7-10-18(21)11-8-16/h3-4,6-12,14-15H,5,13H2,1-2H3. The Labute approximate surface area is 141 Å². The summed E-state index contributed by atoms with van der Waals surface area (Å²) in [7, 11) is 0. The van der Waals surface area contributed by atoms with Gasteiger partial charge in [-0.05, 0) is 81.7 Å². The van der Waals surface area contributed by atoms with Gasteiger partial charge < -0.3 is 0 Å². The lowest BCUT2D eigenvalue weighted by molar-refractivity contribution is 0.656. The zero-order chi connectivity index (χ0) is 14.8. The molecule has 0 radical (unpaired) electrons. The van der Waals surface area contributed by atoms with Gasteiger partial charge >= 0.3 is 0 Å². The van der Waals surface area contributed by atoms with Crippen LogP contribution < -0.4 is 0 Å². The summed E-state index contributed by atoms with van der Waals surface area (Å²) in [6.45, 7) is 4.68. The van der Waals surface area contributed by atoms with Crippen LogP contribution >= 0.6 is 22.6 Å². The topological polar surface area (TPSA) is 0 Å². The molecule has 0 amide bonds. The third kappa shape index (κ3) is 3.23. The Balaban J connectivity index is 1.90. The number of hydrogen-bond donors (Lipinski definition) is 0. The van der Waals surface area contributed by atoms with Gasteiger partial charge in [-0.15, -0.1) is 0 Å². The second kappa shape index (κ2) is 6.35. The largest absolute Gasteiger partial charge is 0.0839 e. The molecule has 0 aromatic heterocycles. The fourth-order valence-electron chi connectivity index (χ4n) is 3.27. The first-order valence-corrected chi connectivity index (χ1v) is 8.77. The summed E-state index contributed by atoms with van der Waals surface area (Å²) in [5, 5.41) is 0. The molecule has 0 aliphatic heterocycles. The minimum absolute atomic E-state index is 0.587. The predicted molar refractivity (Wildman–Crippen MR) is 100 cm³/mol. The molecule has 1 aromatic rings. The van der Waals surface area contributed by atoms with Gasteiger partial charge in [-0.3, -0.25) is 0 Å². The second-order valence-electron chi connectivity index (χ2n) is 6.11. The van der Waals surface area contributed by atoms with Gasteiger partial charge in [0, 0.05) is 3.57 Å². The number of allylic oxidation sites excluding steroid dienone is 8. The van der Waals surface area contributed by atoms with Crippen LogP contribution in [-0.4, -0.2) is 0 Å². The van der Waals surface area contributed by atoms with Gasteiger partial charge in [0.1, 0.15) is 0 Å². The van der Waals surface area contributed by atoms with Gasteiger partial charge in [0.2, 0.25) is 0 Å². The maximum absolute atomic E-state index is 2.36. The number of halogens is 1. The molecular weight excluding hydrogens is 367 g/mol. The smallest absolute Gasteiger partial charge is 0.0130 e. The first kappa shape index (κ1) is 14.8. The Morgan fingerprint density at radius 1 is 0.905 bits per heavy atom. The normalized spacial score (nSPS) is 25.2. The SMILES string of the molecule is CC1CC=CC=C1C1=CC=C(c2ccc(I)cc2)C(C)C1. The highest BCUT2D eigenvalue weighted by Gasteiger charge is 2.21. The highest BCUT2D eigenvalue weighted by atomic mass is 127. The van der Waals surface area contributed by atoms with E-state index in [4.69, 9.17) is 0 Å². The van der Waals surface area contributed by atoms with Crippen LogP contribution in [0.5, 0.6) is 0 Å². The van der Waals surface area contributed by atoms with Crippen molar-refractivity contribution in [1.29, 1.82) is 0 Å². The quantitative estimate of drug-likeness (QED) is 0.532. The molecule has 0 heterocycles. The molecule has 21 heavy (non-hydrogen) atoms. The Morgan fingerprint density at radius 2 is 1.67 bits per heavy atom. The molecule has 3 rings (SSSR count). The molecule has 0 saturated heterocycles. The van der Waals surface area contributed by atoms with Crippen molar-refractivity contribution in [3.63, 3.8) is 0 Å². The first-order chi connectivity index (χ1) is 10.1. The molecular formula is C20H21I. The van der Waals surface area contributed by atoms with E-state index in [0.717, 1.165) is 6.42 Å². The van der Waals surface area contributed by atoms with Crippen molar-refractivity contribution in [2.75, 3.05) is 0 Å². The van der Waals surface area contributed by atoms with Gasteiger partial charge in [-0.25, -0.2) is 0 Å². The van der Waals surface area contributed by atoms with Crippen molar-refractivity contribution in [2.24, 2.45) is 11.8 Å². The van der Waals surface area contributed by atoms with Crippen LogP contribution in [0.4, 0.5) is 0 Å². The molecule has 0 saturated carbocycles. The maximum atomic E-state index is 2.36. The van der Waals surface area contributed by atoms with Gasteiger partial charge in [0.05, 0.1) is 0 Å². The highest BCUT2D eigenvalue weighted by Crippen LogP contribution is 2.38. The van der Waals surface area contributed by atoms with Crippen molar-refractivity contribution < 1.29 is 0 Å². The molecule has 108 valence electrons. The Hall–Kier alpha value is -1.09. The summed E-state index contributed by atoms with van der Waals surface area (Å²) in [6, 6.07) is 8.88. The fourth-order valence-corrected chi connectivity index (χ4v) is 3.63. The lowest BCUT2D eigenvalue weighted by atomic mass is 9.78. The van der Waals surface area contributed by atoms with Crippen LogP contribution in [0.3, 0.4) is 0 Å². The molecule has 1 aromatic carbocycles. The molecule has 2 unspecified atom stereocenters. The summed E-state index contributed by atoms with van der Waals surface area (Å²) in [5.74, 6) is 1.24. The Bertz CT molecular complexity index is 641. The minimum Gasteiger partial charge on any atom is -0.0839 e. The van der Waals surface area contributed by atoms with Crippen LogP contribution in [0, 0.1) is 15.4 Å². The van der Waals surface area contributed by atoms with Crippen molar-refractivity contribution in [3.8, 4) is 0 Å².